The third-order valence-corrected chi connectivity index (χ3v) is 3.22. The van der Waals surface area contributed by atoms with Crippen LogP contribution in [0.2, 0.25) is 0 Å². The number of rotatable bonds is 2. The molecule has 1 atom stereocenters. The van der Waals surface area contributed by atoms with Crippen molar-refractivity contribution in [2.24, 2.45) is 0 Å². The first-order valence-corrected chi connectivity index (χ1v) is 6.02. The minimum Gasteiger partial charge on any atom is -0.492 e. The maximum atomic E-state index is 13.3. The summed E-state index contributed by atoms with van der Waals surface area (Å²) in [5.41, 5.74) is -1.12. The summed E-state index contributed by atoms with van der Waals surface area (Å²) in [6.07, 6.45) is 0.143. The molecule has 6 nitrogen and oxygen atoms in total. The molecule has 7 heteroatoms. The number of hydrogen-bond donors (Lipinski definition) is 2. The van der Waals surface area contributed by atoms with Crippen LogP contribution in [0.15, 0.2) is 33.9 Å². The van der Waals surface area contributed by atoms with E-state index in [1.807, 2.05) is 18.2 Å². The topological polar surface area (TPSA) is 84.3 Å². The molecular formula is C13H11FN2O4. The van der Waals surface area contributed by atoms with E-state index in [2.05, 4.69) is 0 Å². The molecule has 0 saturated carbocycles. The highest BCUT2D eigenvalue weighted by Gasteiger charge is 2.25. The molecule has 0 aliphatic carbocycles. The van der Waals surface area contributed by atoms with Crippen LogP contribution in [-0.4, -0.2) is 20.8 Å². The van der Waals surface area contributed by atoms with Crippen molar-refractivity contribution in [3.63, 3.8) is 0 Å². The number of nitrogens with one attached hydrogen (secondary N) is 1. The van der Waals surface area contributed by atoms with Crippen LogP contribution in [0.1, 0.15) is 5.56 Å². The van der Waals surface area contributed by atoms with Crippen molar-refractivity contribution >= 4 is 0 Å². The average molecular weight is 278 g/mol. The quantitative estimate of drug-likeness (QED) is 0.832. The Labute approximate surface area is 112 Å². The summed E-state index contributed by atoms with van der Waals surface area (Å²) < 4.78 is 19.7. The number of fused-ring (bicyclic) bond motifs is 1. The highest BCUT2D eigenvalue weighted by atomic mass is 19.1. The summed E-state index contributed by atoms with van der Waals surface area (Å²) >= 11 is 0. The zero-order valence-electron chi connectivity index (χ0n) is 10.3. The number of benzene rings is 1. The van der Waals surface area contributed by atoms with E-state index < -0.39 is 29.1 Å². The van der Waals surface area contributed by atoms with Crippen molar-refractivity contribution in [1.82, 2.24) is 9.55 Å². The van der Waals surface area contributed by atoms with Crippen molar-refractivity contribution in [3.8, 4) is 11.6 Å². The molecule has 1 aliphatic heterocycles. The molecule has 0 spiro atoms. The van der Waals surface area contributed by atoms with Gasteiger partial charge in [-0.1, -0.05) is 18.2 Å². The van der Waals surface area contributed by atoms with Crippen LogP contribution in [0.5, 0.6) is 11.6 Å². The lowest BCUT2D eigenvalue weighted by molar-refractivity contribution is 0.197. The zero-order chi connectivity index (χ0) is 14.3. The second-order valence-corrected chi connectivity index (χ2v) is 4.56. The summed E-state index contributed by atoms with van der Waals surface area (Å²) in [5, 5.41) is 9.55. The molecule has 3 rings (SSSR count). The van der Waals surface area contributed by atoms with E-state index in [-0.39, 0.29) is 6.54 Å². The van der Waals surface area contributed by atoms with Gasteiger partial charge in [0.2, 0.25) is 11.7 Å². The predicted octanol–water partition coefficient (Wildman–Crippen LogP) is 0.385. The van der Waals surface area contributed by atoms with Crippen molar-refractivity contribution in [3.05, 3.63) is 56.5 Å². The van der Waals surface area contributed by atoms with Crippen LogP contribution < -0.4 is 16.0 Å². The summed E-state index contributed by atoms with van der Waals surface area (Å²) in [6.45, 7) is -0.0486. The van der Waals surface area contributed by atoms with Gasteiger partial charge in [0, 0.05) is 6.42 Å². The highest BCUT2D eigenvalue weighted by molar-refractivity contribution is 5.37. The van der Waals surface area contributed by atoms with E-state index >= 15 is 0 Å². The Morgan fingerprint density at radius 1 is 1.40 bits per heavy atom. The maximum absolute atomic E-state index is 13.3. The fourth-order valence-electron chi connectivity index (χ4n) is 2.26. The number of ether oxygens (including phenoxy) is 1. The van der Waals surface area contributed by atoms with Gasteiger partial charge in [0.15, 0.2) is 0 Å². The van der Waals surface area contributed by atoms with Crippen LogP contribution in [-0.2, 0) is 13.0 Å². The largest absolute Gasteiger partial charge is 0.492 e. The van der Waals surface area contributed by atoms with Gasteiger partial charge in [0.1, 0.15) is 11.9 Å². The number of nitrogens with zero attached hydrogens (tertiary/aromatic N) is 1. The van der Waals surface area contributed by atoms with Crippen molar-refractivity contribution in [2.45, 2.75) is 19.1 Å². The zero-order valence-corrected chi connectivity index (χ0v) is 10.3. The number of H-pyrrole nitrogens is 1. The van der Waals surface area contributed by atoms with Gasteiger partial charge in [-0.15, -0.1) is 0 Å². The van der Waals surface area contributed by atoms with E-state index in [0.717, 1.165) is 10.1 Å². The fraction of sp³-hybridized carbons (Fsp3) is 0.231. The molecule has 2 N–H and O–H groups in total. The van der Waals surface area contributed by atoms with E-state index in [9.17, 15) is 19.1 Å². The number of aromatic amines is 1. The Kier molecular flexibility index (Phi) is 2.81. The van der Waals surface area contributed by atoms with E-state index in [0.29, 0.717) is 12.2 Å². The van der Waals surface area contributed by atoms with E-state index in [4.69, 9.17) is 4.74 Å². The minimum atomic E-state index is -1.37. The van der Waals surface area contributed by atoms with Gasteiger partial charge in [0.25, 0.3) is 5.56 Å². The minimum absolute atomic E-state index is 0.0486. The van der Waals surface area contributed by atoms with E-state index in [1.54, 1.807) is 11.1 Å². The molecule has 1 unspecified atom stereocenters. The number of hydrogen-bond acceptors (Lipinski definition) is 4. The lowest BCUT2D eigenvalue weighted by Crippen LogP contribution is -2.35. The van der Waals surface area contributed by atoms with Gasteiger partial charge in [-0.25, -0.2) is 4.79 Å². The number of aromatic nitrogens is 2. The summed E-state index contributed by atoms with van der Waals surface area (Å²) in [4.78, 5) is 24.4. The highest BCUT2D eigenvalue weighted by Crippen LogP contribution is 2.29. The normalized spacial score (nSPS) is 16.8. The summed E-state index contributed by atoms with van der Waals surface area (Å²) in [6, 6.07) is 7.38. The molecule has 2 heterocycles. The molecule has 0 saturated heterocycles. The Hall–Kier alpha value is -2.57. The monoisotopic (exact) mass is 278 g/mol. The molecular weight excluding hydrogens is 267 g/mol. The van der Waals surface area contributed by atoms with Gasteiger partial charge < -0.3 is 9.84 Å². The average Bonchev–Trinajstić information content (AvgIpc) is 2.83. The van der Waals surface area contributed by atoms with Gasteiger partial charge >= 0.3 is 5.69 Å². The van der Waals surface area contributed by atoms with Crippen molar-refractivity contribution in [2.75, 3.05) is 0 Å². The maximum Gasteiger partial charge on any atom is 0.331 e. The molecule has 104 valence electrons. The first-order chi connectivity index (χ1) is 9.56. The van der Waals surface area contributed by atoms with Gasteiger partial charge in [-0.2, -0.15) is 4.39 Å². The molecule has 1 aromatic carbocycles. The molecule has 0 amide bonds. The molecule has 1 aliphatic rings. The fourth-order valence-corrected chi connectivity index (χ4v) is 2.26. The second-order valence-electron chi connectivity index (χ2n) is 4.56. The first-order valence-electron chi connectivity index (χ1n) is 6.02. The van der Waals surface area contributed by atoms with Crippen molar-refractivity contribution in [1.29, 1.82) is 0 Å². The smallest absolute Gasteiger partial charge is 0.331 e. The molecule has 0 bridgehead atoms. The number of aromatic hydroxyl groups is 1. The Bertz CT molecular complexity index is 756. The Morgan fingerprint density at radius 3 is 2.90 bits per heavy atom. The van der Waals surface area contributed by atoms with Crippen LogP contribution in [0.3, 0.4) is 0 Å². The molecule has 0 radical (unpaired) electrons. The van der Waals surface area contributed by atoms with Crippen LogP contribution in [0.4, 0.5) is 4.39 Å². The Morgan fingerprint density at radius 2 is 2.15 bits per heavy atom. The molecule has 1 aromatic heterocycles. The molecule has 0 fully saturated rings. The van der Waals surface area contributed by atoms with Gasteiger partial charge in [-0.05, 0) is 11.6 Å². The lowest BCUT2D eigenvalue weighted by atomic mass is 10.1. The number of para-hydroxylation sites is 1. The SMILES string of the molecule is O=c1[nH]c(=O)n(CC2Cc3ccccc3O2)c(O)c1F. The second kappa shape index (κ2) is 4.52. The van der Waals surface area contributed by atoms with E-state index in [1.165, 1.54) is 0 Å². The summed E-state index contributed by atoms with van der Waals surface area (Å²) in [7, 11) is 0. The predicted molar refractivity (Wildman–Crippen MR) is 67.5 cm³/mol. The van der Waals surface area contributed by atoms with Gasteiger partial charge in [-0.3, -0.25) is 14.3 Å². The first kappa shape index (κ1) is 12.5. The Balaban J connectivity index is 1.90. The lowest BCUT2D eigenvalue weighted by Gasteiger charge is -2.13. The van der Waals surface area contributed by atoms with Crippen molar-refractivity contribution < 1.29 is 14.2 Å². The molecule has 20 heavy (non-hydrogen) atoms. The number of halogens is 1. The van der Waals surface area contributed by atoms with Gasteiger partial charge in [0.05, 0.1) is 6.54 Å². The van der Waals surface area contributed by atoms with Crippen LogP contribution in [0, 0.1) is 5.82 Å². The van der Waals surface area contributed by atoms with Crippen LogP contribution in [0.25, 0.3) is 0 Å². The van der Waals surface area contributed by atoms with Crippen LogP contribution >= 0.6 is 0 Å². The standard InChI is InChI=1S/C13H11FN2O4/c14-10-11(17)15-13(19)16(12(10)18)6-8-5-7-3-1-2-4-9(7)20-8/h1-4,8,18H,5-6H2,(H,15,17,19). The summed E-state index contributed by atoms with van der Waals surface area (Å²) in [5.74, 6) is -1.65. The third-order valence-electron chi connectivity index (χ3n) is 3.22. The third kappa shape index (κ3) is 1.97. The molecule has 2 aromatic rings.